The molecule has 8 heteroatoms. The van der Waals surface area contributed by atoms with Gasteiger partial charge in [-0.25, -0.2) is 0 Å². The van der Waals surface area contributed by atoms with E-state index in [1.165, 1.54) is 11.3 Å². The molecule has 0 bridgehead atoms. The first-order chi connectivity index (χ1) is 9.20. The van der Waals surface area contributed by atoms with Crippen LogP contribution >= 0.6 is 11.3 Å². The van der Waals surface area contributed by atoms with Crippen LogP contribution in [0.1, 0.15) is 41.7 Å². The summed E-state index contributed by atoms with van der Waals surface area (Å²) < 4.78 is 0. The van der Waals surface area contributed by atoms with Gasteiger partial charge in [0.05, 0.1) is 12.2 Å². The summed E-state index contributed by atoms with van der Waals surface area (Å²) in [5.41, 5.74) is 0.919. The zero-order valence-electron chi connectivity index (χ0n) is 10.8. The first kappa shape index (κ1) is 13.5. The molecule has 0 fully saturated rings. The van der Waals surface area contributed by atoms with Crippen LogP contribution in [0, 0.1) is 0 Å². The average Bonchev–Trinajstić information content (AvgIpc) is 3.07. The first-order valence-corrected chi connectivity index (χ1v) is 6.89. The molecule has 1 atom stereocenters. The zero-order valence-corrected chi connectivity index (χ0v) is 11.6. The molecule has 0 radical (unpaired) electrons. The minimum absolute atomic E-state index is 0.123. The van der Waals surface area contributed by atoms with Crippen LogP contribution in [0.2, 0.25) is 0 Å². The molecule has 19 heavy (non-hydrogen) atoms. The van der Waals surface area contributed by atoms with E-state index in [4.69, 9.17) is 0 Å². The summed E-state index contributed by atoms with van der Waals surface area (Å²) in [7, 11) is 0. The molecular weight excluding hydrogens is 264 g/mol. The summed E-state index contributed by atoms with van der Waals surface area (Å²) in [6, 6.07) is -0.123. The van der Waals surface area contributed by atoms with E-state index in [0.29, 0.717) is 10.1 Å². The van der Waals surface area contributed by atoms with Crippen molar-refractivity contribution in [2.45, 2.75) is 26.3 Å². The van der Waals surface area contributed by atoms with Gasteiger partial charge in [-0.1, -0.05) is 18.3 Å². The molecule has 3 N–H and O–H groups in total. The van der Waals surface area contributed by atoms with Gasteiger partial charge in [-0.3, -0.25) is 9.89 Å². The molecule has 7 nitrogen and oxygen atoms in total. The second-order valence-electron chi connectivity index (χ2n) is 4.07. The van der Waals surface area contributed by atoms with E-state index in [1.807, 2.05) is 6.92 Å². The molecule has 1 amide bonds. The lowest BCUT2D eigenvalue weighted by Gasteiger charge is -2.09. The summed E-state index contributed by atoms with van der Waals surface area (Å²) in [6.07, 6.45) is 4.43. The minimum Gasteiger partial charge on any atom is -0.360 e. The average molecular weight is 280 g/mol. The Kier molecular flexibility index (Phi) is 4.45. The number of hydrogen-bond acceptors (Lipinski definition) is 6. The van der Waals surface area contributed by atoms with Crippen molar-refractivity contribution in [3.8, 4) is 0 Å². The van der Waals surface area contributed by atoms with Gasteiger partial charge in [0.1, 0.15) is 0 Å². The molecular formula is C11H16N6OS. The van der Waals surface area contributed by atoms with Crippen molar-refractivity contribution < 1.29 is 4.79 Å². The number of aromatic nitrogens is 4. The quantitative estimate of drug-likeness (QED) is 0.746. The monoisotopic (exact) mass is 280 g/mol. The van der Waals surface area contributed by atoms with Crippen LogP contribution in [-0.4, -0.2) is 32.8 Å². The number of anilines is 1. The molecule has 102 valence electrons. The third-order valence-corrected chi connectivity index (χ3v) is 3.39. The van der Waals surface area contributed by atoms with Crippen LogP contribution in [0.15, 0.2) is 12.4 Å². The van der Waals surface area contributed by atoms with E-state index in [-0.39, 0.29) is 11.9 Å². The molecule has 0 aliphatic carbocycles. The number of hydrogen-bond donors (Lipinski definition) is 3. The van der Waals surface area contributed by atoms with Gasteiger partial charge in [-0.15, -0.1) is 10.2 Å². The van der Waals surface area contributed by atoms with Crippen molar-refractivity contribution in [3.05, 3.63) is 23.0 Å². The topological polar surface area (TPSA) is 95.6 Å². The molecule has 0 aliphatic rings. The maximum atomic E-state index is 12.0. The summed E-state index contributed by atoms with van der Waals surface area (Å²) in [6.45, 7) is 4.77. The van der Waals surface area contributed by atoms with Gasteiger partial charge in [-0.2, -0.15) is 5.10 Å². The third kappa shape index (κ3) is 3.50. The van der Waals surface area contributed by atoms with Gasteiger partial charge in [0.2, 0.25) is 10.1 Å². The van der Waals surface area contributed by atoms with Crippen LogP contribution < -0.4 is 10.6 Å². The van der Waals surface area contributed by atoms with E-state index in [2.05, 4.69) is 38.0 Å². The van der Waals surface area contributed by atoms with E-state index >= 15 is 0 Å². The van der Waals surface area contributed by atoms with Crippen LogP contribution in [0.3, 0.4) is 0 Å². The molecule has 2 rings (SSSR count). The van der Waals surface area contributed by atoms with Gasteiger partial charge in [0.25, 0.3) is 5.91 Å². The minimum atomic E-state index is -0.226. The van der Waals surface area contributed by atoms with Gasteiger partial charge < -0.3 is 10.6 Å². The van der Waals surface area contributed by atoms with Gasteiger partial charge in [0, 0.05) is 18.3 Å². The highest BCUT2D eigenvalue weighted by Crippen LogP contribution is 2.16. The molecule has 0 aromatic carbocycles. The lowest BCUT2D eigenvalue weighted by atomic mass is 10.2. The summed E-state index contributed by atoms with van der Waals surface area (Å²) in [5.74, 6) is -0.226. The van der Waals surface area contributed by atoms with Crippen LogP contribution in [0.25, 0.3) is 0 Å². The predicted molar refractivity (Wildman–Crippen MR) is 73.2 cm³/mol. The Bertz CT molecular complexity index is 523. The molecule has 2 heterocycles. The molecule has 0 saturated carbocycles. The fourth-order valence-electron chi connectivity index (χ4n) is 1.46. The number of nitrogens with zero attached hydrogens (tertiary/aromatic N) is 3. The number of nitrogens with one attached hydrogen (secondary N) is 3. The van der Waals surface area contributed by atoms with Crippen LogP contribution in [0.4, 0.5) is 5.13 Å². The maximum absolute atomic E-state index is 12.0. The van der Waals surface area contributed by atoms with E-state index in [9.17, 15) is 4.79 Å². The van der Waals surface area contributed by atoms with Gasteiger partial charge in [-0.05, 0) is 13.3 Å². The van der Waals surface area contributed by atoms with Crippen molar-refractivity contribution in [2.24, 2.45) is 0 Å². The molecule has 2 aromatic rings. The Morgan fingerprint density at radius 2 is 2.37 bits per heavy atom. The van der Waals surface area contributed by atoms with Crippen molar-refractivity contribution in [1.29, 1.82) is 0 Å². The smallest absolute Gasteiger partial charge is 0.282 e. The van der Waals surface area contributed by atoms with Gasteiger partial charge >= 0.3 is 0 Å². The highest BCUT2D eigenvalue weighted by molar-refractivity contribution is 7.17. The molecule has 0 saturated heterocycles. The lowest BCUT2D eigenvalue weighted by Crippen LogP contribution is -2.26. The Hall–Kier alpha value is -1.96. The van der Waals surface area contributed by atoms with Crippen molar-refractivity contribution in [1.82, 2.24) is 25.7 Å². The van der Waals surface area contributed by atoms with Crippen molar-refractivity contribution in [2.75, 3.05) is 11.9 Å². The highest BCUT2D eigenvalue weighted by atomic mass is 32.1. The summed E-state index contributed by atoms with van der Waals surface area (Å²) >= 11 is 1.25. The lowest BCUT2D eigenvalue weighted by molar-refractivity contribution is 0.0939. The fraction of sp³-hybridized carbons (Fsp3) is 0.455. The standard InChI is InChI=1S/C11H16N6OS/c1-3-4-12-11-17-16-10(19-11)9(18)15-7(2)8-5-13-14-6-8/h5-7H,3-4H2,1-2H3,(H,12,17)(H,13,14)(H,15,18). The van der Waals surface area contributed by atoms with E-state index in [0.717, 1.165) is 18.5 Å². The van der Waals surface area contributed by atoms with Gasteiger partial charge in [0.15, 0.2) is 0 Å². The number of carbonyl (C=O) groups is 1. The summed E-state index contributed by atoms with van der Waals surface area (Å²) in [4.78, 5) is 12.0. The number of amides is 1. The largest absolute Gasteiger partial charge is 0.360 e. The van der Waals surface area contributed by atoms with Crippen LogP contribution in [0.5, 0.6) is 0 Å². The van der Waals surface area contributed by atoms with Crippen molar-refractivity contribution >= 4 is 22.4 Å². The maximum Gasteiger partial charge on any atom is 0.282 e. The number of H-pyrrole nitrogens is 1. The Morgan fingerprint density at radius 1 is 1.53 bits per heavy atom. The normalized spacial score (nSPS) is 12.1. The predicted octanol–water partition coefficient (Wildman–Crippen LogP) is 1.57. The summed E-state index contributed by atoms with van der Waals surface area (Å²) in [5, 5.41) is 21.3. The fourth-order valence-corrected chi connectivity index (χ4v) is 2.13. The zero-order chi connectivity index (χ0) is 13.7. The second kappa shape index (κ2) is 6.28. The Labute approximate surface area is 114 Å². The van der Waals surface area contributed by atoms with Crippen molar-refractivity contribution in [3.63, 3.8) is 0 Å². The van der Waals surface area contributed by atoms with E-state index < -0.39 is 0 Å². The highest BCUT2D eigenvalue weighted by Gasteiger charge is 2.16. The Morgan fingerprint density at radius 3 is 3.05 bits per heavy atom. The number of carbonyl (C=O) groups excluding carboxylic acids is 1. The second-order valence-corrected chi connectivity index (χ2v) is 5.04. The Balaban J connectivity index is 1.94. The first-order valence-electron chi connectivity index (χ1n) is 6.07. The third-order valence-electron chi connectivity index (χ3n) is 2.51. The molecule has 0 aliphatic heterocycles. The molecule has 1 unspecified atom stereocenters. The van der Waals surface area contributed by atoms with E-state index in [1.54, 1.807) is 12.4 Å². The molecule has 0 spiro atoms. The number of rotatable bonds is 6. The molecule has 2 aromatic heterocycles. The number of aromatic amines is 1. The van der Waals surface area contributed by atoms with Crippen LogP contribution in [-0.2, 0) is 0 Å². The SMILES string of the molecule is CCCNc1nnc(C(=O)NC(C)c2cn[nH]c2)s1.